The predicted octanol–water partition coefficient (Wildman–Crippen LogP) is 1.11. The summed E-state index contributed by atoms with van der Waals surface area (Å²) in [6, 6.07) is 1.97. The van der Waals surface area contributed by atoms with Crippen LogP contribution in [0.4, 0.5) is 10.1 Å². The number of non-ortho nitro benzene ring substituents is 1. The van der Waals surface area contributed by atoms with E-state index in [0.717, 1.165) is 17.0 Å². The molecule has 0 unspecified atom stereocenters. The van der Waals surface area contributed by atoms with E-state index in [-0.39, 0.29) is 30.0 Å². The summed E-state index contributed by atoms with van der Waals surface area (Å²) in [6.07, 6.45) is 0. The van der Waals surface area contributed by atoms with Gasteiger partial charge in [0.2, 0.25) is 0 Å². The minimum absolute atomic E-state index is 0.0278. The molecule has 0 aromatic heterocycles. The molecule has 98 valence electrons. The highest BCUT2D eigenvalue weighted by Gasteiger charge is 2.21. The number of rotatable bonds is 4. The Morgan fingerprint density at radius 3 is 2.67 bits per heavy atom. The van der Waals surface area contributed by atoms with Crippen molar-refractivity contribution < 1.29 is 19.2 Å². The first-order chi connectivity index (χ1) is 8.38. The molecule has 0 bridgehead atoms. The van der Waals surface area contributed by atoms with Crippen LogP contribution in [0.15, 0.2) is 12.1 Å². The van der Waals surface area contributed by atoms with Gasteiger partial charge in [-0.25, -0.2) is 4.39 Å². The number of carbonyl (C=O) groups excluding carboxylic acids is 1. The molecule has 1 aromatic carbocycles. The van der Waals surface area contributed by atoms with E-state index in [0.29, 0.717) is 0 Å². The van der Waals surface area contributed by atoms with Crippen molar-refractivity contribution >= 4 is 11.6 Å². The topological polar surface area (TPSA) is 83.7 Å². The van der Waals surface area contributed by atoms with Crippen molar-refractivity contribution in [3.8, 4) is 0 Å². The Bertz CT molecular complexity index is 490. The molecule has 1 rings (SSSR count). The number of benzene rings is 1. The lowest BCUT2D eigenvalue weighted by molar-refractivity contribution is -0.385. The number of nitro benzene ring substituents is 1. The van der Waals surface area contributed by atoms with E-state index in [1.165, 1.54) is 14.0 Å². The number of aliphatic hydroxyl groups excluding tert-OH is 1. The first kappa shape index (κ1) is 14.0. The largest absolute Gasteiger partial charge is 0.395 e. The van der Waals surface area contributed by atoms with Crippen molar-refractivity contribution in [2.75, 3.05) is 20.2 Å². The lowest BCUT2D eigenvalue weighted by atomic mass is 10.1. The highest BCUT2D eigenvalue weighted by atomic mass is 19.1. The van der Waals surface area contributed by atoms with Crippen LogP contribution in [-0.2, 0) is 0 Å². The number of hydrogen-bond acceptors (Lipinski definition) is 4. The molecule has 0 saturated carbocycles. The third-order valence-corrected chi connectivity index (χ3v) is 2.46. The fourth-order valence-corrected chi connectivity index (χ4v) is 1.47. The van der Waals surface area contributed by atoms with Gasteiger partial charge in [-0.1, -0.05) is 0 Å². The standard InChI is InChI=1S/C11H13FN2O4/c1-7-5-8(14(17)18)6-9(10(7)12)11(16)13(2)3-4-15/h5-6,15H,3-4H2,1-2H3. The summed E-state index contributed by atoms with van der Waals surface area (Å²) < 4.78 is 13.8. The molecule has 0 spiro atoms. The zero-order chi connectivity index (χ0) is 13.9. The SMILES string of the molecule is Cc1cc([N+](=O)[O-])cc(C(=O)N(C)CCO)c1F. The van der Waals surface area contributed by atoms with Crippen molar-refractivity contribution in [1.82, 2.24) is 4.90 Å². The van der Waals surface area contributed by atoms with Gasteiger partial charge in [0, 0.05) is 25.7 Å². The Balaban J connectivity index is 3.22. The van der Waals surface area contributed by atoms with Crippen molar-refractivity contribution in [2.24, 2.45) is 0 Å². The monoisotopic (exact) mass is 256 g/mol. The van der Waals surface area contributed by atoms with Gasteiger partial charge in [-0.05, 0) is 12.5 Å². The summed E-state index contributed by atoms with van der Waals surface area (Å²) in [6.45, 7) is 1.11. The zero-order valence-corrected chi connectivity index (χ0v) is 10.0. The van der Waals surface area contributed by atoms with Crippen molar-refractivity contribution in [3.05, 3.63) is 39.2 Å². The Kier molecular flexibility index (Phi) is 4.33. The first-order valence-corrected chi connectivity index (χ1v) is 5.19. The van der Waals surface area contributed by atoms with Crippen LogP contribution < -0.4 is 0 Å². The van der Waals surface area contributed by atoms with E-state index in [9.17, 15) is 19.3 Å². The summed E-state index contributed by atoms with van der Waals surface area (Å²) in [5.74, 6) is -1.48. The Morgan fingerprint density at radius 2 is 2.17 bits per heavy atom. The number of amides is 1. The molecule has 0 radical (unpaired) electrons. The number of hydrogen-bond donors (Lipinski definition) is 1. The second-order valence-corrected chi connectivity index (χ2v) is 3.83. The van der Waals surface area contributed by atoms with Crippen LogP contribution in [0.25, 0.3) is 0 Å². The molecule has 0 saturated heterocycles. The molecule has 1 N–H and O–H groups in total. The third kappa shape index (κ3) is 2.80. The maximum absolute atomic E-state index is 13.8. The summed E-state index contributed by atoms with van der Waals surface area (Å²) in [4.78, 5) is 22.9. The van der Waals surface area contributed by atoms with E-state index >= 15 is 0 Å². The number of aryl methyl sites for hydroxylation is 1. The van der Waals surface area contributed by atoms with Gasteiger partial charge in [0.15, 0.2) is 0 Å². The molecule has 18 heavy (non-hydrogen) atoms. The van der Waals surface area contributed by atoms with E-state index in [4.69, 9.17) is 5.11 Å². The number of carbonyl (C=O) groups is 1. The molecule has 6 nitrogen and oxygen atoms in total. The lowest BCUT2D eigenvalue weighted by Crippen LogP contribution is -2.30. The normalized spacial score (nSPS) is 10.2. The smallest absolute Gasteiger partial charge is 0.270 e. The third-order valence-electron chi connectivity index (χ3n) is 2.46. The number of aliphatic hydroxyl groups is 1. The van der Waals surface area contributed by atoms with E-state index in [2.05, 4.69) is 0 Å². The highest BCUT2D eigenvalue weighted by Crippen LogP contribution is 2.21. The number of nitro groups is 1. The lowest BCUT2D eigenvalue weighted by Gasteiger charge is -2.16. The summed E-state index contributed by atoms with van der Waals surface area (Å²) >= 11 is 0. The highest BCUT2D eigenvalue weighted by molar-refractivity contribution is 5.95. The van der Waals surface area contributed by atoms with E-state index in [1.807, 2.05) is 0 Å². The molecule has 7 heteroatoms. The molecule has 0 atom stereocenters. The number of halogens is 1. The predicted molar refractivity (Wildman–Crippen MR) is 61.8 cm³/mol. The van der Waals surface area contributed by atoms with Gasteiger partial charge in [-0.2, -0.15) is 0 Å². The summed E-state index contributed by atoms with van der Waals surface area (Å²) in [7, 11) is 1.38. The Hall–Kier alpha value is -2.02. The minimum Gasteiger partial charge on any atom is -0.395 e. The second-order valence-electron chi connectivity index (χ2n) is 3.83. The average molecular weight is 256 g/mol. The van der Waals surface area contributed by atoms with Crippen LogP contribution in [0.2, 0.25) is 0 Å². The minimum atomic E-state index is -0.782. The summed E-state index contributed by atoms with van der Waals surface area (Å²) in [5.41, 5.74) is -0.669. The second kappa shape index (κ2) is 5.54. The maximum atomic E-state index is 13.8. The molecular formula is C11H13FN2O4. The number of nitrogens with zero attached hydrogens (tertiary/aromatic N) is 2. The van der Waals surface area contributed by atoms with Gasteiger partial charge in [0.25, 0.3) is 11.6 Å². The van der Waals surface area contributed by atoms with Crippen LogP contribution in [0.3, 0.4) is 0 Å². The van der Waals surface area contributed by atoms with Gasteiger partial charge in [0.05, 0.1) is 17.1 Å². The van der Waals surface area contributed by atoms with Gasteiger partial charge in [-0.3, -0.25) is 14.9 Å². The fourth-order valence-electron chi connectivity index (χ4n) is 1.47. The number of likely N-dealkylation sites (N-methyl/N-ethyl adjacent to an activating group) is 1. The molecular weight excluding hydrogens is 243 g/mol. The molecule has 0 fully saturated rings. The molecule has 1 aromatic rings. The van der Waals surface area contributed by atoms with Crippen molar-refractivity contribution in [2.45, 2.75) is 6.92 Å². The van der Waals surface area contributed by atoms with Crippen LogP contribution in [-0.4, -0.2) is 41.0 Å². The average Bonchev–Trinajstić information content (AvgIpc) is 2.31. The van der Waals surface area contributed by atoms with E-state index in [1.54, 1.807) is 0 Å². The van der Waals surface area contributed by atoms with Gasteiger partial charge in [-0.15, -0.1) is 0 Å². The molecule has 0 aliphatic heterocycles. The zero-order valence-electron chi connectivity index (χ0n) is 10.0. The van der Waals surface area contributed by atoms with Gasteiger partial charge in [0.1, 0.15) is 5.82 Å². The first-order valence-electron chi connectivity index (χ1n) is 5.19. The van der Waals surface area contributed by atoms with Crippen molar-refractivity contribution in [1.29, 1.82) is 0 Å². The van der Waals surface area contributed by atoms with Gasteiger partial charge >= 0.3 is 0 Å². The molecule has 1 amide bonds. The van der Waals surface area contributed by atoms with E-state index < -0.39 is 16.6 Å². The quantitative estimate of drug-likeness (QED) is 0.646. The van der Waals surface area contributed by atoms with Crippen LogP contribution in [0.1, 0.15) is 15.9 Å². The fraction of sp³-hybridized carbons (Fsp3) is 0.364. The molecule has 0 aliphatic carbocycles. The van der Waals surface area contributed by atoms with Crippen LogP contribution in [0.5, 0.6) is 0 Å². The van der Waals surface area contributed by atoms with Crippen LogP contribution in [0, 0.1) is 22.9 Å². The van der Waals surface area contributed by atoms with Crippen LogP contribution >= 0.6 is 0 Å². The molecule has 0 heterocycles. The Morgan fingerprint density at radius 1 is 1.56 bits per heavy atom. The summed E-state index contributed by atoms with van der Waals surface area (Å²) in [5, 5.41) is 19.4. The van der Waals surface area contributed by atoms with Gasteiger partial charge < -0.3 is 10.0 Å². The van der Waals surface area contributed by atoms with Crippen molar-refractivity contribution in [3.63, 3.8) is 0 Å². The Labute approximate surface area is 103 Å². The molecule has 0 aliphatic rings. The maximum Gasteiger partial charge on any atom is 0.270 e.